The van der Waals surface area contributed by atoms with Crippen LogP contribution in [0.15, 0.2) is 42.5 Å². The van der Waals surface area contributed by atoms with E-state index < -0.39 is 11.9 Å². The van der Waals surface area contributed by atoms with E-state index in [1.807, 2.05) is 0 Å². The molecule has 0 bridgehead atoms. The molecule has 2 aromatic carbocycles. The molecule has 0 heterocycles. The summed E-state index contributed by atoms with van der Waals surface area (Å²) in [7, 11) is 0. The summed E-state index contributed by atoms with van der Waals surface area (Å²) in [5, 5.41) is 10.1. The number of carboxylic acid groups (broad SMARTS) is 1. The summed E-state index contributed by atoms with van der Waals surface area (Å²) in [6, 6.07) is 11.7. The molecule has 0 aromatic heterocycles. The molecule has 20 heavy (non-hydrogen) atoms. The molecule has 0 aliphatic heterocycles. The van der Waals surface area contributed by atoms with E-state index >= 15 is 0 Å². The second kappa shape index (κ2) is 7.53. The van der Waals surface area contributed by atoms with E-state index in [1.54, 1.807) is 42.5 Å². The van der Waals surface area contributed by atoms with E-state index in [4.69, 9.17) is 28.9 Å². The zero-order chi connectivity index (χ0) is 14.0. The fraction of sp³-hybridized carbons (Fsp3) is 0.0714. The first-order chi connectivity index (χ1) is 9.02. The molecule has 3 nitrogen and oxygen atoms in total. The second-order valence-electron chi connectivity index (χ2n) is 4.04. The molecular formula is C14H13CaCl2NO2. The van der Waals surface area contributed by atoms with Crippen LogP contribution in [0.4, 0.5) is 5.69 Å². The van der Waals surface area contributed by atoms with Crippen LogP contribution in [-0.2, 0) is 4.79 Å². The minimum atomic E-state index is -1.05. The van der Waals surface area contributed by atoms with E-state index in [9.17, 15) is 9.90 Å². The molecule has 1 atom stereocenters. The van der Waals surface area contributed by atoms with Gasteiger partial charge in [-0.25, -0.2) is 0 Å². The number of halogens is 2. The largest absolute Gasteiger partial charge is 2.00 e. The van der Waals surface area contributed by atoms with Crippen LogP contribution in [0, 0.1) is 0 Å². The third-order valence-electron chi connectivity index (χ3n) is 2.84. The Morgan fingerprint density at radius 3 is 2.15 bits per heavy atom. The Labute approximate surface area is 159 Å². The van der Waals surface area contributed by atoms with Crippen molar-refractivity contribution in [2.24, 2.45) is 0 Å². The third-order valence-corrected chi connectivity index (χ3v) is 3.50. The van der Waals surface area contributed by atoms with Crippen LogP contribution >= 0.6 is 23.2 Å². The summed E-state index contributed by atoms with van der Waals surface area (Å²) >= 11 is 12.2. The average molecular weight is 338 g/mol. The number of carboxylic acids is 1. The van der Waals surface area contributed by atoms with Crippen molar-refractivity contribution in [1.29, 1.82) is 0 Å². The van der Waals surface area contributed by atoms with Gasteiger partial charge >= 0.3 is 43.7 Å². The van der Waals surface area contributed by atoms with Crippen LogP contribution in [0.1, 0.15) is 19.9 Å². The summed E-state index contributed by atoms with van der Waals surface area (Å²) < 4.78 is 0. The van der Waals surface area contributed by atoms with Crippen molar-refractivity contribution < 1.29 is 12.8 Å². The van der Waals surface area contributed by atoms with Crippen LogP contribution in [0.5, 0.6) is 0 Å². The first-order valence-electron chi connectivity index (χ1n) is 5.53. The molecule has 0 radical (unpaired) electrons. The van der Waals surface area contributed by atoms with Crippen molar-refractivity contribution in [2.75, 3.05) is 5.73 Å². The topological polar surface area (TPSA) is 63.3 Å². The van der Waals surface area contributed by atoms with E-state index in [0.29, 0.717) is 26.9 Å². The van der Waals surface area contributed by atoms with Crippen LogP contribution in [0.25, 0.3) is 0 Å². The van der Waals surface area contributed by atoms with Gasteiger partial charge < -0.3 is 13.7 Å². The molecule has 102 valence electrons. The zero-order valence-corrected chi connectivity index (χ0v) is 14.2. The van der Waals surface area contributed by atoms with Gasteiger partial charge in [0.2, 0.25) is 0 Å². The molecular weight excluding hydrogens is 325 g/mol. The Bertz CT molecular complexity index is 624. The van der Waals surface area contributed by atoms with Gasteiger partial charge in [-0.15, -0.1) is 0 Å². The van der Waals surface area contributed by atoms with Crippen molar-refractivity contribution in [2.45, 2.75) is 5.92 Å². The van der Waals surface area contributed by atoms with Gasteiger partial charge in [-0.2, -0.15) is 0 Å². The number of aliphatic carboxylic acids is 1. The molecule has 0 amide bonds. The molecule has 0 aliphatic rings. The SMILES string of the molecule is Nc1ccccc1C(C(=O)O)c1c(Cl)cccc1Cl.[Ca+2].[H-].[H-]. The minimum absolute atomic E-state index is 0. The Kier molecular flexibility index (Phi) is 6.62. The monoisotopic (exact) mass is 337 g/mol. The van der Waals surface area contributed by atoms with E-state index in [-0.39, 0.29) is 40.6 Å². The maximum Gasteiger partial charge on any atom is 2.00 e. The third kappa shape index (κ3) is 3.60. The molecule has 3 N–H and O–H groups in total. The van der Waals surface area contributed by atoms with Crippen molar-refractivity contribution in [3.8, 4) is 0 Å². The van der Waals surface area contributed by atoms with Crippen molar-refractivity contribution in [1.82, 2.24) is 0 Å². The summed E-state index contributed by atoms with van der Waals surface area (Å²) in [5.74, 6) is -2.03. The smallest absolute Gasteiger partial charge is 1.00 e. The van der Waals surface area contributed by atoms with E-state index in [0.717, 1.165) is 0 Å². The van der Waals surface area contributed by atoms with Crippen molar-refractivity contribution >= 4 is 72.6 Å². The Balaban J connectivity index is 0. The number of nitrogens with two attached hydrogens (primary N) is 1. The summed E-state index contributed by atoms with van der Waals surface area (Å²) in [5.41, 5.74) is 7.08. The summed E-state index contributed by atoms with van der Waals surface area (Å²) in [6.45, 7) is 0. The maximum atomic E-state index is 11.6. The standard InChI is InChI=1S/C14H11Cl2NO2.Ca.2H/c15-9-5-3-6-10(16)13(9)12(14(18)19)8-4-1-2-7-11(8)17;;;/h1-7,12H,17H2,(H,18,19);;;/q;+2;2*-1. The minimum Gasteiger partial charge on any atom is -1.00 e. The molecule has 2 aromatic rings. The summed E-state index contributed by atoms with van der Waals surface area (Å²) in [4.78, 5) is 11.6. The first kappa shape index (κ1) is 17.6. The molecule has 0 saturated heterocycles. The van der Waals surface area contributed by atoms with Crippen molar-refractivity contribution in [3.05, 3.63) is 63.6 Å². The van der Waals surface area contributed by atoms with Crippen LogP contribution < -0.4 is 5.73 Å². The van der Waals surface area contributed by atoms with Gasteiger partial charge in [0.15, 0.2) is 0 Å². The van der Waals surface area contributed by atoms with Gasteiger partial charge in [-0.05, 0) is 23.8 Å². The number of nitrogen functional groups attached to an aromatic ring is 1. The quantitative estimate of drug-likeness (QED) is 0.663. The van der Waals surface area contributed by atoms with E-state index in [2.05, 4.69) is 0 Å². The average Bonchev–Trinajstić information content (AvgIpc) is 2.35. The molecule has 0 saturated carbocycles. The Morgan fingerprint density at radius 1 is 1.10 bits per heavy atom. The fourth-order valence-electron chi connectivity index (χ4n) is 1.97. The van der Waals surface area contributed by atoms with E-state index in [1.165, 1.54) is 0 Å². The molecule has 2 rings (SSSR count). The summed E-state index contributed by atoms with van der Waals surface area (Å²) in [6.07, 6.45) is 0. The Morgan fingerprint density at radius 2 is 1.65 bits per heavy atom. The number of rotatable bonds is 3. The van der Waals surface area contributed by atoms with Gasteiger partial charge in [-0.1, -0.05) is 47.5 Å². The number of hydrogen-bond acceptors (Lipinski definition) is 2. The van der Waals surface area contributed by atoms with Crippen molar-refractivity contribution in [3.63, 3.8) is 0 Å². The van der Waals surface area contributed by atoms with Crippen LogP contribution in [-0.4, -0.2) is 48.8 Å². The van der Waals surface area contributed by atoms with Crippen LogP contribution in [0.2, 0.25) is 10.0 Å². The molecule has 0 spiro atoms. The molecule has 0 fully saturated rings. The van der Waals surface area contributed by atoms with Gasteiger partial charge in [0, 0.05) is 21.3 Å². The number of para-hydroxylation sites is 1. The zero-order valence-electron chi connectivity index (χ0n) is 12.5. The van der Waals surface area contributed by atoms with Gasteiger partial charge in [0.1, 0.15) is 5.92 Å². The number of benzene rings is 2. The van der Waals surface area contributed by atoms with Gasteiger partial charge in [0.25, 0.3) is 0 Å². The van der Waals surface area contributed by atoms with Crippen LogP contribution in [0.3, 0.4) is 0 Å². The molecule has 0 aliphatic carbocycles. The molecule has 1 unspecified atom stereocenters. The van der Waals surface area contributed by atoms with Gasteiger partial charge in [0.05, 0.1) is 0 Å². The second-order valence-corrected chi connectivity index (χ2v) is 4.85. The predicted molar refractivity (Wildman–Crippen MR) is 84.8 cm³/mol. The fourth-order valence-corrected chi connectivity index (χ4v) is 2.59. The number of anilines is 1. The first-order valence-corrected chi connectivity index (χ1v) is 6.29. The number of hydrogen-bond donors (Lipinski definition) is 2. The van der Waals surface area contributed by atoms with Gasteiger partial charge in [-0.3, -0.25) is 4.79 Å². The predicted octanol–water partition coefficient (Wildman–Crippen LogP) is 3.64. The normalized spacial score (nSPS) is 11.5. The maximum absolute atomic E-state index is 11.6. The Hall–Kier alpha value is -0.450. The number of carbonyl (C=O) groups is 1. The molecule has 6 heteroatoms.